The second kappa shape index (κ2) is 4.93. The number of hydrogen-bond acceptors (Lipinski definition) is 2. The maximum Gasteiger partial charge on any atom is 0.415 e. The number of fused-ring (bicyclic) bond motifs is 2. The van der Waals surface area contributed by atoms with Crippen molar-refractivity contribution in [3.8, 4) is 0 Å². The monoisotopic (exact) mass is 349 g/mol. The number of carbonyl (C=O) groups is 1. The summed E-state index contributed by atoms with van der Waals surface area (Å²) < 4.78 is 9.21. The third-order valence-electron chi connectivity index (χ3n) is 3.30. The Labute approximate surface area is 117 Å². The van der Waals surface area contributed by atoms with E-state index in [1.54, 1.807) is 17.1 Å². The summed E-state index contributed by atoms with van der Waals surface area (Å²) in [5, 5.41) is 0. The van der Waals surface area contributed by atoms with Crippen LogP contribution >= 0.6 is 0 Å². The first-order valence-electron chi connectivity index (χ1n) is 5.70. The molecule has 1 aromatic rings. The van der Waals surface area contributed by atoms with Crippen LogP contribution in [0.1, 0.15) is 12.8 Å². The fourth-order valence-electron chi connectivity index (χ4n) is 2.50. The van der Waals surface area contributed by atoms with Crippen LogP contribution in [0.15, 0.2) is 18.7 Å². The zero-order chi connectivity index (χ0) is 11.1. The first kappa shape index (κ1) is 12.8. The average molecular weight is 349 g/mol. The molecule has 3 rings (SSSR count). The SMILES string of the molecule is C[n+]1ccn(C(=O)N2CC3CCC(C2)O3)c1.[I-]. The fraction of sp³-hybridized carbons (Fsp3) is 0.636. The van der Waals surface area contributed by atoms with Crippen molar-refractivity contribution in [2.75, 3.05) is 13.1 Å². The van der Waals surface area contributed by atoms with Crippen molar-refractivity contribution >= 4 is 6.03 Å². The molecule has 94 valence electrons. The van der Waals surface area contributed by atoms with Crippen molar-refractivity contribution in [2.45, 2.75) is 25.0 Å². The van der Waals surface area contributed by atoms with Crippen molar-refractivity contribution in [3.05, 3.63) is 18.7 Å². The summed E-state index contributed by atoms with van der Waals surface area (Å²) in [5.41, 5.74) is 0. The molecule has 0 aromatic carbocycles. The number of morpholine rings is 1. The molecule has 3 heterocycles. The lowest BCUT2D eigenvalue weighted by molar-refractivity contribution is -0.670. The lowest BCUT2D eigenvalue weighted by Crippen LogP contribution is -3.00. The van der Waals surface area contributed by atoms with E-state index in [0.717, 1.165) is 25.9 Å². The van der Waals surface area contributed by atoms with Gasteiger partial charge in [-0.1, -0.05) is 0 Å². The van der Waals surface area contributed by atoms with E-state index in [9.17, 15) is 4.79 Å². The second-order valence-electron chi connectivity index (χ2n) is 4.63. The molecule has 2 bridgehead atoms. The van der Waals surface area contributed by atoms with E-state index in [2.05, 4.69) is 0 Å². The highest BCUT2D eigenvalue weighted by atomic mass is 127. The molecule has 0 N–H and O–H groups in total. The van der Waals surface area contributed by atoms with Crippen LogP contribution in [0, 0.1) is 0 Å². The summed E-state index contributed by atoms with van der Waals surface area (Å²) in [6.45, 7) is 1.47. The van der Waals surface area contributed by atoms with E-state index in [1.165, 1.54) is 0 Å². The molecular weight excluding hydrogens is 333 g/mol. The predicted molar refractivity (Wildman–Crippen MR) is 55.9 cm³/mol. The Morgan fingerprint density at radius 1 is 1.35 bits per heavy atom. The topological polar surface area (TPSA) is 38.3 Å². The molecule has 2 saturated heterocycles. The van der Waals surface area contributed by atoms with Crippen LogP contribution in [0.25, 0.3) is 0 Å². The smallest absolute Gasteiger partial charge is 0.415 e. The number of aromatic nitrogens is 2. The number of hydrogen-bond donors (Lipinski definition) is 0. The molecule has 2 fully saturated rings. The van der Waals surface area contributed by atoms with Gasteiger partial charge in [0.1, 0.15) is 12.4 Å². The minimum absolute atomic E-state index is 0. The molecule has 2 atom stereocenters. The van der Waals surface area contributed by atoms with Gasteiger partial charge in [0.2, 0.25) is 0 Å². The molecule has 17 heavy (non-hydrogen) atoms. The quantitative estimate of drug-likeness (QED) is 0.374. The number of ether oxygens (including phenoxy) is 1. The van der Waals surface area contributed by atoms with Gasteiger partial charge in [0, 0.05) is 0 Å². The Balaban J connectivity index is 0.00000108. The van der Waals surface area contributed by atoms with E-state index in [4.69, 9.17) is 4.74 Å². The summed E-state index contributed by atoms with van der Waals surface area (Å²) in [6, 6.07) is 0.0563. The highest BCUT2D eigenvalue weighted by Gasteiger charge is 2.37. The molecule has 5 nitrogen and oxygen atoms in total. The second-order valence-corrected chi connectivity index (χ2v) is 4.63. The lowest BCUT2D eigenvalue weighted by atomic mass is 10.2. The summed E-state index contributed by atoms with van der Waals surface area (Å²) >= 11 is 0. The van der Waals surface area contributed by atoms with Gasteiger partial charge in [-0.3, -0.25) is 4.90 Å². The molecule has 2 aliphatic rings. The van der Waals surface area contributed by atoms with Crippen LogP contribution in [0.3, 0.4) is 0 Å². The molecule has 2 aliphatic heterocycles. The molecule has 6 heteroatoms. The van der Waals surface area contributed by atoms with Gasteiger partial charge < -0.3 is 28.7 Å². The van der Waals surface area contributed by atoms with Gasteiger partial charge in [-0.15, -0.1) is 0 Å². The maximum absolute atomic E-state index is 12.2. The normalized spacial score (nSPS) is 26.8. The zero-order valence-corrected chi connectivity index (χ0v) is 11.9. The molecule has 0 saturated carbocycles. The third kappa shape index (κ3) is 2.47. The summed E-state index contributed by atoms with van der Waals surface area (Å²) in [4.78, 5) is 14.0. The Kier molecular flexibility index (Phi) is 3.72. The van der Waals surface area contributed by atoms with Crippen LogP contribution in [-0.4, -0.2) is 40.8 Å². The number of aryl methyl sites for hydroxylation is 1. The van der Waals surface area contributed by atoms with Crippen molar-refractivity contribution in [3.63, 3.8) is 0 Å². The number of amides is 1. The lowest BCUT2D eigenvalue weighted by Gasteiger charge is -2.30. The van der Waals surface area contributed by atoms with Gasteiger partial charge in [0.05, 0.1) is 32.3 Å². The number of imidazole rings is 1. The van der Waals surface area contributed by atoms with Gasteiger partial charge in [0.15, 0.2) is 0 Å². The first-order valence-corrected chi connectivity index (χ1v) is 5.70. The van der Waals surface area contributed by atoms with Crippen LogP contribution in [-0.2, 0) is 11.8 Å². The Morgan fingerprint density at radius 2 is 2.00 bits per heavy atom. The third-order valence-corrected chi connectivity index (χ3v) is 3.30. The van der Waals surface area contributed by atoms with E-state index < -0.39 is 0 Å². The standard InChI is InChI=1S/C11H16N3O2.HI/c1-12-4-5-13(8-12)11(15)14-6-9-2-3-10(7-14)16-9;/h4-5,8-10H,2-3,6-7H2,1H3;1H/q+1;/p-1. The number of likely N-dealkylation sites (tertiary alicyclic amines) is 1. The zero-order valence-electron chi connectivity index (χ0n) is 9.75. The number of rotatable bonds is 0. The van der Waals surface area contributed by atoms with E-state index >= 15 is 0 Å². The fourth-order valence-corrected chi connectivity index (χ4v) is 2.50. The van der Waals surface area contributed by atoms with Gasteiger partial charge in [-0.2, -0.15) is 4.57 Å². The van der Waals surface area contributed by atoms with E-state index in [0.29, 0.717) is 0 Å². The van der Waals surface area contributed by atoms with Crippen molar-refractivity contribution in [1.82, 2.24) is 9.47 Å². The van der Waals surface area contributed by atoms with Gasteiger partial charge in [-0.05, 0) is 12.8 Å². The van der Waals surface area contributed by atoms with Crippen molar-refractivity contribution in [2.24, 2.45) is 7.05 Å². The van der Waals surface area contributed by atoms with E-state index in [-0.39, 0.29) is 42.2 Å². The summed E-state index contributed by atoms with van der Waals surface area (Å²) in [6.07, 6.45) is 8.15. The predicted octanol–water partition coefficient (Wildman–Crippen LogP) is -2.85. The van der Waals surface area contributed by atoms with E-state index in [1.807, 2.05) is 22.7 Å². The number of carbonyl (C=O) groups excluding carboxylic acids is 1. The Bertz CT molecular complexity index is 409. The number of nitrogens with zero attached hydrogens (tertiary/aromatic N) is 3. The van der Waals surface area contributed by atoms with Crippen molar-refractivity contribution in [1.29, 1.82) is 0 Å². The van der Waals surface area contributed by atoms with Gasteiger partial charge in [0.25, 0.3) is 6.33 Å². The molecular formula is C11H16IN3O2. The largest absolute Gasteiger partial charge is 1.00 e. The molecule has 1 amide bonds. The highest BCUT2D eigenvalue weighted by Crippen LogP contribution is 2.26. The average Bonchev–Trinajstić information content (AvgIpc) is 2.84. The molecule has 2 unspecified atom stereocenters. The summed E-state index contributed by atoms with van der Waals surface area (Å²) in [5.74, 6) is 0. The highest BCUT2D eigenvalue weighted by molar-refractivity contribution is 5.76. The Morgan fingerprint density at radius 3 is 2.53 bits per heavy atom. The minimum atomic E-state index is 0. The minimum Gasteiger partial charge on any atom is -1.00 e. The first-order chi connectivity index (χ1) is 7.72. The maximum atomic E-state index is 12.2. The van der Waals surface area contributed by atoms with Crippen LogP contribution < -0.4 is 28.5 Å². The molecule has 0 aliphatic carbocycles. The van der Waals surface area contributed by atoms with Crippen LogP contribution in [0.4, 0.5) is 4.79 Å². The van der Waals surface area contributed by atoms with Gasteiger partial charge in [-0.25, -0.2) is 9.36 Å². The summed E-state index contributed by atoms with van der Waals surface area (Å²) in [7, 11) is 1.91. The molecule has 1 aromatic heterocycles. The Hall–Kier alpha value is -0.630. The number of halogens is 1. The van der Waals surface area contributed by atoms with Gasteiger partial charge >= 0.3 is 6.03 Å². The van der Waals surface area contributed by atoms with Crippen LogP contribution in [0.2, 0.25) is 0 Å². The van der Waals surface area contributed by atoms with Crippen LogP contribution in [0.5, 0.6) is 0 Å². The van der Waals surface area contributed by atoms with Crippen molar-refractivity contribution < 1.29 is 38.1 Å². The molecule has 0 radical (unpaired) electrons. The molecule has 0 spiro atoms.